The van der Waals surface area contributed by atoms with Crippen LogP contribution in [0.2, 0.25) is 0 Å². The van der Waals surface area contributed by atoms with Gasteiger partial charge in [0, 0.05) is 17.8 Å². The summed E-state index contributed by atoms with van der Waals surface area (Å²) in [4.78, 5) is 8.79. The molecule has 13 heavy (non-hydrogen) atoms. The molecule has 0 amide bonds. The zero-order chi connectivity index (χ0) is 9.68. The monoisotopic (exact) mass is 178 g/mol. The fourth-order valence-corrected chi connectivity index (χ4v) is 1.44. The van der Waals surface area contributed by atoms with Crippen molar-refractivity contribution in [1.29, 1.82) is 0 Å². The van der Waals surface area contributed by atoms with Crippen LogP contribution in [0.5, 0.6) is 0 Å². The molecule has 1 aromatic heterocycles. The molecule has 2 nitrogen and oxygen atoms in total. The van der Waals surface area contributed by atoms with Gasteiger partial charge in [0.1, 0.15) is 5.82 Å². The molecular weight excluding hydrogens is 160 g/mol. The Labute approximate surface area is 80.4 Å². The first kappa shape index (κ1) is 10.2. The molecule has 72 valence electrons. The Bertz CT molecular complexity index is 249. The fraction of sp³-hybridized carbons (Fsp3) is 0.636. The number of hydrogen-bond donors (Lipinski definition) is 0. The highest BCUT2D eigenvalue weighted by molar-refractivity contribution is 5.08. The first-order valence-electron chi connectivity index (χ1n) is 5.03. The molecule has 0 aliphatic rings. The number of nitrogens with zero attached hydrogens (tertiary/aromatic N) is 2. The minimum atomic E-state index is 1.01. The number of aromatic nitrogens is 2. The van der Waals surface area contributed by atoms with Crippen molar-refractivity contribution < 1.29 is 0 Å². The molecule has 0 saturated heterocycles. The minimum absolute atomic E-state index is 1.01. The second kappa shape index (κ2) is 4.95. The second-order valence-electron chi connectivity index (χ2n) is 3.52. The lowest BCUT2D eigenvalue weighted by molar-refractivity contribution is 0.689. The number of aryl methyl sites for hydroxylation is 3. The molecule has 0 unspecified atom stereocenters. The minimum Gasteiger partial charge on any atom is -0.238 e. The molecule has 1 aromatic rings. The molecule has 0 aliphatic heterocycles. The van der Waals surface area contributed by atoms with Crippen molar-refractivity contribution in [3.63, 3.8) is 0 Å². The van der Waals surface area contributed by atoms with Gasteiger partial charge < -0.3 is 0 Å². The van der Waals surface area contributed by atoms with Crippen molar-refractivity contribution in [3.05, 3.63) is 23.3 Å². The third kappa shape index (κ3) is 3.53. The molecule has 1 heterocycles. The van der Waals surface area contributed by atoms with Gasteiger partial charge in [0.05, 0.1) is 0 Å². The van der Waals surface area contributed by atoms with Crippen molar-refractivity contribution in [2.45, 2.75) is 46.5 Å². The third-order valence-corrected chi connectivity index (χ3v) is 2.03. The van der Waals surface area contributed by atoms with Gasteiger partial charge in [0.15, 0.2) is 0 Å². The topological polar surface area (TPSA) is 25.8 Å². The normalized spacial score (nSPS) is 10.4. The van der Waals surface area contributed by atoms with Gasteiger partial charge in [0.25, 0.3) is 0 Å². The Balaban J connectivity index is 2.56. The van der Waals surface area contributed by atoms with Crippen LogP contribution in [0.3, 0.4) is 0 Å². The van der Waals surface area contributed by atoms with Gasteiger partial charge in [-0.2, -0.15) is 0 Å². The zero-order valence-electron chi connectivity index (χ0n) is 8.80. The Morgan fingerprint density at radius 1 is 1.08 bits per heavy atom. The van der Waals surface area contributed by atoms with Crippen LogP contribution in [0.15, 0.2) is 6.07 Å². The first-order valence-corrected chi connectivity index (χ1v) is 5.03. The van der Waals surface area contributed by atoms with E-state index in [0.717, 1.165) is 23.6 Å². The lowest BCUT2D eigenvalue weighted by Crippen LogP contribution is -1.98. The molecule has 0 radical (unpaired) electrons. The molecule has 0 atom stereocenters. The standard InChI is InChI=1S/C11H18N2/c1-4-5-6-7-11-12-9(2)8-10(3)13-11/h8H,4-7H2,1-3H3. The van der Waals surface area contributed by atoms with Crippen molar-refractivity contribution >= 4 is 0 Å². The van der Waals surface area contributed by atoms with Gasteiger partial charge in [-0.3, -0.25) is 0 Å². The number of unbranched alkanes of at least 4 members (excludes halogenated alkanes) is 2. The average molecular weight is 178 g/mol. The van der Waals surface area contributed by atoms with Gasteiger partial charge in [-0.05, 0) is 26.3 Å². The maximum atomic E-state index is 4.39. The van der Waals surface area contributed by atoms with Crippen LogP contribution >= 0.6 is 0 Å². The van der Waals surface area contributed by atoms with Gasteiger partial charge in [-0.1, -0.05) is 19.8 Å². The highest BCUT2D eigenvalue weighted by Gasteiger charge is 1.98. The van der Waals surface area contributed by atoms with E-state index in [2.05, 4.69) is 16.9 Å². The second-order valence-corrected chi connectivity index (χ2v) is 3.52. The van der Waals surface area contributed by atoms with Crippen molar-refractivity contribution in [1.82, 2.24) is 9.97 Å². The van der Waals surface area contributed by atoms with E-state index in [9.17, 15) is 0 Å². The Kier molecular flexibility index (Phi) is 3.87. The van der Waals surface area contributed by atoms with Crippen molar-refractivity contribution in [2.24, 2.45) is 0 Å². The maximum absolute atomic E-state index is 4.39. The lowest BCUT2D eigenvalue weighted by Gasteiger charge is -2.02. The maximum Gasteiger partial charge on any atom is 0.128 e. The van der Waals surface area contributed by atoms with E-state index < -0.39 is 0 Å². The van der Waals surface area contributed by atoms with E-state index in [4.69, 9.17) is 0 Å². The molecule has 2 heteroatoms. The van der Waals surface area contributed by atoms with Gasteiger partial charge in [-0.25, -0.2) is 9.97 Å². The van der Waals surface area contributed by atoms with Crippen molar-refractivity contribution in [3.8, 4) is 0 Å². The van der Waals surface area contributed by atoms with E-state index in [-0.39, 0.29) is 0 Å². The summed E-state index contributed by atoms with van der Waals surface area (Å²) in [5, 5.41) is 0. The zero-order valence-corrected chi connectivity index (χ0v) is 8.80. The van der Waals surface area contributed by atoms with E-state index in [1.54, 1.807) is 0 Å². The number of rotatable bonds is 4. The van der Waals surface area contributed by atoms with Gasteiger partial charge in [0.2, 0.25) is 0 Å². The van der Waals surface area contributed by atoms with Crippen LogP contribution in [0.1, 0.15) is 43.4 Å². The molecule has 0 bridgehead atoms. The van der Waals surface area contributed by atoms with E-state index in [0.29, 0.717) is 0 Å². The molecule has 1 rings (SSSR count). The van der Waals surface area contributed by atoms with Crippen LogP contribution < -0.4 is 0 Å². The quantitative estimate of drug-likeness (QED) is 0.662. The summed E-state index contributed by atoms with van der Waals surface area (Å²) in [6.45, 7) is 6.26. The highest BCUT2D eigenvalue weighted by atomic mass is 14.9. The molecular formula is C11H18N2. The SMILES string of the molecule is CCCCCc1nc(C)cc(C)n1. The molecule has 0 aliphatic carbocycles. The molecule has 0 fully saturated rings. The molecule has 0 saturated carbocycles. The fourth-order valence-electron chi connectivity index (χ4n) is 1.44. The van der Waals surface area contributed by atoms with E-state index in [1.165, 1.54) is 19.3 Å². The molecule has 0 spiro atoms. The number of hydrogen-bond acceptors (Lipinski definition) is 2. The van der Waals surface area contributed by atoms with Crippen LogP contribution in [-0.2, 0) is 6.42 Å². The van der Waals surface area contributed by atoms with E-state index in [1.807, 2.05) is 19.9 Å². The smallest absolute Gasteiger partial charge is 0.128 e. The predicted octanol–water partition coefficient (Wildman–Crippen LogP) is 2.83. The van der Waals surface area contributed by atoms with Crippen molar-refractivity contribution in [2.75, 3.05) is 0 Å². The Morgan fingerprint density at radius 2 is 1.69 bits per heavy atom. The summed E-state index contributed by atoms with van der Waals surface area (Å²) in [6.07, 6.45) is 4.76. The third-order valence-electron chi connectivity index (χ3n) is 2.03. The summed E-state index contributed by atoms with van der Waals surface area (Å²) in [5.74, 6) is 1.01. The lowest BCUT2D eigenvalue weighted by atomic mass is 10.2. The Hall–Kier alpha value is -0.920. The summed E-state index contributed by atoms with van der Waals surface area (Å²) in [6, 6.07) is 2.02. The largest absolute Gasteiger partial charge is 0.238 e. The molecule has 0 N–H and O–H groups in total. The van der Waals surface area contributed by atoms with Crippen LogP contribution in [0, 0.1) is 13.8 Å². The van der Waals surface area contributed by atoms with Gasteiger partial charge in [-0.15, -0.1) is 0 Å². The van der Waals surface area contributed by atoms with Crippen LogP contribution in [-0.4, -0.2) is 9.97 Å². The van der Waals surface area contributed by atoms with Crippen LogP contribution in [0.4, 0.5) is 0 Å². The Morgan fingerprint density at radius 3 is 2.23 bits per heavy atom. The predicted molar refractivity (Wildman–Crippen MR) is 54.7 cm³/mol. The highest BCUT2D eigenvalue weighted by Crippen LogP contribution is 2.04. The van der Waals surface area contributed by atoms with Crippen LogP contribution in [0.25, 0.3) is 0 Å². The molecule has 0 aromatic carbocycles. The summed E-state index contributed by atoms with van der Waals surface area (Å²) in [5.41, 5.74) is 2.16. The first-order chi connectivity index (χ1) is 6.22. The van der Waals surface area contributed by atoms with Gasteiger partial charge >= 0.3 is 0 Å². The van der Waals surface area contributed by atoms with E-state index >= 15 is 0 Å². The summed E-state index contributed by atoms with van der Waals surface area (Å²) in [7, 11) is 0. The summed E-state index contributed by atoms with van der Waals surface area (Å²) < 4.78 is 0. The average Bonchev–Trinajstić information content (AvgIpc) is 2.03. The summed E-state index contributed by atoms with van der Waals surface area (Å²) >= 11 is 0.